The molecule has 9 nitrogen and oxygen atoms in total. The summed E-state index contributed by atoms with van der Waals surface area (Å²) in [4.78, 5) is 54.0. The third kappa shape index (κ3) is 9.99. The number of nitrogens with one attached hydrogen (secondary N) is 2. The number of nitrogens with two attached hydrogens (primary N) is 1. The highest BCUT2D eigenvalue weighted by molar-refractivity contribution is 5.93. The predicted octanol–water partition coefficient (Wildman–Crippen LogP) is 4.44. The zero-order chi connectivity index (χ0) is 29.2. The van der Waals surface area contributed by atoms with Crippen molar-refractivity contribution in [2.24, 2.45) is 5.73 Å². The third-order valence-corrected chi connectivity index (χ3v) is 6.44. The molecule has 0 saturated heterocycles. The van der Waals surface area contributed by atoms with Crippen molar-refractivity contribution in [3.63, 3.8) is 0 Å². The number of rotatable bonds is 13. The molecule has 0 radical (unpaired) electrons. The fourth-order valence-electron chi connectivity index (χ4n) is 4.45. The number of hydrogen-bond donors (Lipinski definition) is 3. The van der Waals surface area contributed by atoms with Gasteiger partial charge in [0.2, 0.25) is 17.7 Å². The number of primary amides is 1. The van der Waals surface area contributed by atoms with E-state index in [-0.39, 0.29) is 30.8 Å². The summed E-state index contributed by atoms with van der Waals surface area (Å²) in [6.07, 6.45) is 1.35. The standard InChI is InChI=1S/C29H48N4O5/c1-10-13-20(5)31-26(35)25(24-18(3)14-12-15-19(24)4)33(21(6)11-2)27(36)22(16-17-23(30)34)32-28(37)38-29(7,8)9/h12,14-15,20-22,25H,10-11,13,16-17H2,1-9H3,(H2,30,34)(H,31,35)(H,32,37). The lowest BCUT2D eigenvalue weighted by Crippen LogP contribution is -2.56. The first kappa shape index (κ1) is 32.9. The lowest BCUT2D eigenvalue weighted by Gasteiger charge is -2.39. The van der Waals surface area contributed by atoms with Gasteiger partial charge < -0.3 is 26.0 Å². The summed E-state index contributed by atoms with van der Waals surface area (Å²) >= 11 is 0. The molecule has 0 aliphatic rings. The summed E-state index contributed by atoms with van der Waals surface area (Å²) in [5, 5.41) is 5.72. The minimum absolute atomic E-state index is 0.0202. The molecule has 4 atom stereocenters. The van der Waals surface area contributed by atoms with Crippen molar-refractivity contribution in [2.45, 2.75) is 124 Å². The van der Waals surface area contributed by atoms with Gasteiger partial charge in [-0.1, -0.05) is 38.5 Å². The lowest BCUT2D eigenvalue weighted by molar-refractivity contribution is -0.145. The van der Waals surface area contributed by atoms with Crippen LogP contribution in [0.25, 0.3) is 0 Å². The van der Waals surface area contributed by atoms with Crippen LogP contribution in [-0.4, -0.2) is 52.4 Å². The Balaban J connectivity index is 3.65. The van der Waals surface area contributed by atoms with E-state index >= 15 is 0 Å². The predicted molar refractivity (Wildman–Crippen MR) is 149 cm³/mol. The summed E-state index contributed by atoms with van der Waals surface area (Å²) < 4.78 is 5.39. The summed E-state index contributed by atoms with van der Waals surface area (Å²) in [5.41, 5.74) is 7.10. The zero-order valence-electron chi connectivity index (χ0n) is 24.6. The van der Waals surface area contributed by atoms with E-state index in [1.54, 1.807) is 25.7 Å². The number of ether oxygens (including phenoxy) is 1. The number of carbonyl (C=O) groups is 4. The highest BCUT2D eigenvalue weighted by atomic mass is 16.6. The minimum atomic E-state index is -1.11. The van der Waals surface area contributed by atoms with Gasteiger partial charge in [-0.3, -0.25) is 14.4 Å². The zero-order valence-corrected chi connectivity index (χ0v) is 24.6. The maximum absolute atomic E-state index is 14.2. The van der Waals surface area contributed by atoms with Gasteiger partial charge in [0.25, 0.3) is 0 Å². The Hall–Kier alpha value is -3.10. The number of aryl methyl sites for hydroxylation is 2. The van der Waals surface area contributed by atoms with Crippen LogP contribution in [0.15, 0.2) is 18.2 Å². The van der Waals surface area contributed by atoms with Crippen LogP contribution in [0.3, 0.4) is 0 Å². The Morgan fingerprint density at radius 2 is 1.58 bits per heavy atom. The topological polar surface area (TPSA) is 131 Å². The SMILES string of the molecule is CCCC(C)NC(=O)C(c1c(C)cccc1C)N(C(=O)C(CCC(N)=O)NC(=O)OC(C)(C)C)C(C)CC. The molecule has 214 valence electrons. The van der Waals surface area contributed by atoms with Gasteiger partial charge in [-0.2, -0.15) is 0 Å². The van der Waals surface area contributed by atoms with Crippen molar-refractivity contribution < 1.29 is 23.9 Å². The maximum Gasteiger partial charge on any atom is 0.408 e. The van der Waals surface area contributed by atoms with Crippen molar-refractivity contribution in [1.29, 1.82) is 0 Å². The van der Waals surface area contributed by atoms with E-state index < -0.39 is 35.6 Å². The van der Waals surface area contributed by atoms with E-state index in [9.17, 15) is 19.2 Å². The molecular formula is C29H48N4O5. The first-order chi connectivity index (χ1) is 17.6. The summed E-state index contributed by atoms with van der Waals surface area (Å²) in [5.74, 6) is -1.36. The van der Waals surface area contributed by atoms with Crippen molar-refractivity contribution in [3.8, 4) is 0 Å². The van der Waals surface area contributed by atoms with Crippen LogP contribution in [0.4, 0.5) is 4.79 Å². The molecule has 0 aromatic heterocycles. The van der Waals surface area contributed by atoms with E-state index in [4.69, 9.17) is 10.5 Å². The fraction of sp³-hybridized carbons (Fsp3) is 0.655. The van der Waals surface area contributed by atoms with E-state index in [1.165, 1.54) is 0 Å². The molecule has 9 heteroatoms. The van der Waals surface area contributed by atoms with Crippen molar-refractivity contribution in [2.75, 3.05) is 0 Å². The fourth-order valence-corrected chi connectivity index (χ4v) is 4.45. The van der Waals surface area contributed by atoms with Crippen LogP contribution < -0.4 is 16.4 Å². The van der Waals surface area contributed by atoms with Crippen LogP contribution >= 0.6 is 0 Å². The molecule has 1 aromatic carbocycles. The number of hydrogen-bond acceptors (Lipinski definition) is 5. The van der Waals surface area contributed by atoms with Gasteiger partial charge in [-0.25, -0.2) is 4.79 Å². The first-order valence-electron chi connectivity index (χ1n) is 13.6. The normalized spacial score (nSPS) is 14.6. The van der Waals surface area contributed by atoms with Crippen molar-refractivity contribution in [3.05, 3.63) is 34.9 Å². The number of carbonyl (C=O) groups excluding carboxylic acids is 4. The second-order valence-electron chi connectivity index (χ2n) is 11.1. The molecule has 0 fully saturated rings. The largest absolute Gasteiger partial charge is 0.444 e. The molecule has 0 aliphatic heterocycles. The number of benzene rings is 1. The molecule has 0 heterocycles. The number of amides is 4. The van der Waals surface area contributed by atoms with Crippen LogP contribution in [-0.2, 0) is 19.1 Å². The Bertz CT molecular complexity index is 952. The summed E-state index contributed by atoms with van der Waals surface area (Å²) in [6, 6.07) is 3.27. The molecule has 0 spiro atoms. The van der Waals surface area contributed by atoms with Gasteiger partial charge >= 0.3 is 6.09 Å². The van der Waals surface area contributed by atoms with Gasteiger partial charge in [0.05, 0.1) is 0 Å². The third-order valence-electron chi connectivity index (χ3n) is 6.44. The summed E-state index contributed by atoms with van der Waals surface area (Å²) in [7, 11) is 0. The Morgan fingerprint density at radius 3 is 2.05 bits per heavy atom. The molecule has 0 saturated carbocycles. The van der Waals surface area contributed by atoms with Gasteiger partial charge in [-0.05, 0) is 84.4 Å². The molecule has 4 amide bonds. The molecule has 0 aliphatic carbocycles. The van der Waals surface area contributed by atoms with Gasteiger partial charge in [0, 0.05) is 18.5 Å². The molecule has 4 N–H and O–H groups in total. The summed E-state index contributed by atoms with van der Waals surface area (Å²) in [6.45, 7) is 16.8. The minimum Gasteiger partial charge on any atom is -0.444 e. The van der Waals surface area contributed by atoms with Crippen molar-refractivity contribution in [1.82, 2.24) is 15.5 Å². The van der Waals surface area contributed by atoms with E-state index in [0.29, 0.717) is 6.42 Å². The molecular weight excluding hydrogens is 484 g/mol. The van der Waals surface area contributed by atoms with Gasteiger partial charge in [0.1, 0.15) is 17.7 Å². The second-order valence-corrected chi connectivity index (χ2v) is 11.1. The van der Waals surface area contributed by atoms with Gasteiger partial charge in [-0.15, -0.1) is 0 Å². The number of alkyl carbamates (subject to hydrolysis) is 1. The first-order valence-corrected chi connectivity index (χ1v) is 13.6. The highest BCUT2D eigenvalue weighted by Gasteiger charge is 2.40. The van der Waals surface area contributed by atoms with Crippen LogP contribution in [0.1, 0.15) is 103 Å². The van der Waals surface area contributed by atoms with Crippen LogP contribution in [0.2, 0.25) is 0 Å². The van der Waals surface area contributed by atoms with E-state index in [2.05, 4.69) is 10.6 Å². The highest BCUT2D eigenvalue weighted by Crippen LogP contribution is 2.31. The van der Waals surface area contributed by atoms with E-state index in [1.807, 2.05) is 59.7 Å². The van der Waals surface area contributed by atoms with E-state index in [0.717, 1.165) is 29.5 Å². The Morgan fingerprint density at radius 1 is 1.00 bits per heavy atom. The Kier molecular flexibility index (Phi) is 12.8. The Labute approximate surface area is 228 Å². The average Bonchev–Trinajstić information content (AvgIpc) is 2.79. The molecule has 0 bridgehead atoms. The molecule has 38 heavy (non-hydrogen) atoms. The van der Waals surface area contributed by atoms with Crippen molar-refractivity contribution >= 4 is 23.8 Å². The molecule has 4 unspecified atom stereocenters. The average molecular weight is 533 g/mol. The van der Waals surface area contributed by atoms with Gasteiger partial charge in [0.15, 0.2) is 0 Å². The molecule has 1 aromatic rings. The lowest BCUT2D eigenvalue weighted by atomic mass is 9.92. The maximum atomic E-state index is 14.2. The van der Waals surface area contributed by atoms with Crippen LogP contribution in [0, 0.1) is 13.8 Å². The quantitative estimate of drug-likeness (QED) is 0.346. The number of nitrogens with zero attached hydrogens (tertiary/aromatic N) is 1. The second kappa shape index (κ2) is 14.7. The van der Waals surface area contributed by atoms with Crippen LogP contribution in [0.5, 0.6) is 0 Å². The monoisotopic (exact) mass is 532 g/mol. The molecule has 1 rings (SSSR count). The smallest absolute Gasteiger partial charge is 0.408 e.